The van der Waals surface area contributed by atoms with Crippen molar-refractivity contribution in [2.45, 2.75) is 4.90 Å². The van der Waals surface area contributed by atoms with Crippen LogP contribution >= 0.6 is 0 Å². The topological polar surface area (TPSA) is 101 Å². The van der Waals surface area contributed by atoms with Crippen molar-refractivity contribution in [3.63, 3.8) is 0 Å². The molecule has 0 saturated carbocycles. The predicted octanol–water partition coefficient (Wildman–Crippen LogP) is -1.62. The van der Waals surface area contributed by atoms with Gasteiger partial charge in [-0.3, -0.25) is 4.55 Å². The van der Waals surface area contributed by atoms with Crippen LogP contribution in [0.1, 0.15) is 0 Å². The average Bonchev–Trinajstić information content (AvgIpc) is 2.22. The van der Waals surface area contributed by atoms with Gasteiger partial charge in [0.25, 0.3) is 10.1 Å². The monoisotopic (exact) mass is 262 g/mol. The molecule has 0 fully saturated rings. The molecule has 5 nitrogen and oxygen atoms in total. The van der Waals surface area contributed by atoms with Gasteiger partial charge in [0.2, 0.25) is 0 Å². The summed E-state index contributed by atoms with van der Waals surface area (Å²) < 4.78 is 30.7. The minimum Gasteiger partial charge on any atom is -0.506 e. The van der Waals surface area contributed by atoms with Gasteiger partial charge in [-0.1, -0.05) is 12.1 Å². The SMILES string of the molecule is Nc1c(O)ccc2cc(S(=O)(=O)O)ccc12.[Na+]. The Morgan fingerprint density at radius 3 is 2.35 bits per heavy atom. The second kappa shape index (κ2) is 4.83. The van der Waals surface area contributed by atoms with E-state index in [1.807, 2.05) is 0 Å². The molecule has 0 saturated heterocycles. The van der Waals surface area contributed by atoms with E-state index in [-0.39, 0.29) is 45.9 Å². The third-order valence-electron chi connectivity index (χ3n) is 2.31. The molecule has 2 aromatic rings. The molecule has 0 bridgehead atoms. The number of aromatic hydroxyl groups is 1. The first kappa shape index (κ1) is 14.3. The van der Waals surface area contributed by atoms with Gasteiger partial charge < -0.3 is 10.8 Å². The van der Waals surface area contributed by atoms with E-state index in [2.05, 4.69) is 0 Å². The number of phenolic OH excluding ortho intramolecular Hbond substituents is 1. The number of hydrogen-bond acceptors (Lipinski definition) is 4. The van der Waals surface area contributed by atoms with Gasteiger partial charge in [0, 0.05) is 5.39 Å². The fraction of sp³-hybridized carbons (Fsp3) is 0. The van der Waals surface area contributed by atoms with Gasteiger partial charge >= 0.3 is 29.6 Å². The predicted molar refractivity (Wildman–Crippen MR) is 59.8 cm³/mol. The number of hydrogen-bond donors (Lipinski definition) is 3. The van der Waals surface area contributed by atoms with Crippen LogP contribution in [0.3, 0.4) is 0 Å². The van der Waals surface area contributed by atoms with Crippen LogP contribution in [0.5, 0.6) is 5.75 Å². The summed E-state index contributed by atoms with van der Waals surface area (Å²) in [5.74, 6) is -0.0629. The molecule has 0 aromatic heterocycles. The van der Waals surface area contributed by atoms with Gasteiger partial charge in [-0.2, -0.15) is 8.42 Å². The first-order chi connectivity index (χ1) is 7.39. The molecule has 17 heavy (non-hydrogen) atoms. The molecule has 0 aliphatic heterocycles. The van der Waals surface area contributed by atoms with Gasteiger partial charge in [-0.05, 0) is 23.6 Å². The van der Waals surface area contributed by atoms with E-state index in [1.165, 1.54) is 30.3 Å². The number of benzene rings is 2. The van der Waals surface area contributed by atoms with Crippen LogP contribution in [0.15, 0.2) is 35.2 Å². The van der Waals surface area contributed by atoms with Crippen LogP contribution in [0, 0.1) is 0 Å². The molecular formula is C10H9NNaO4S+. The largest absolute Gasteiger partial charge is 1.00 e. The number of nitrogen functional groups attached to an aromatic ring is 1. The maximum Gasteiger partial charge on any atom is 1.00 e. The van der Waals surface area contributed by atoms with E-state index in [4.69, 9.17) is 10.3 Å². The van der Waals surface area contributed by atoms with Crippen molar-refractivity contribution in [3.05, 3.63) is 30.3 Å². The van der Waals surface area contributed by atoms with Crippen LogP contribution < -0.4 is 35.3 Å². The minimum atomic E-state index is -4.22. The molecule has 0 heterocycles. The number of phenols is 1. The zero-order chi connectivity index (χ0) is 11.9. The van der Waals surface area contributed by atoms with Crippen LogP contribution in [-0.4, -0.2) is 18.1 Å². The van der Waals surface area contributed by atoms with E-state index >= 15 is 0 Å². The maximum atomic E-state index is 10.9. The fourth-order valence-electron chi connectivity index (χ4n) is 1.48. The van der Waals surface area contributed by atoms with Crippen molar-refractivity contribution >= 4 is 26.6 Å². The molecule has 0 radical (unpaired) electrons. The summed E-state index contributed by atoms with van der Waals surface area (Å²) in [5.41, 5.74) is 5.80. The second-order valence-electron chi connectivity index (χ2n) is 3.36. The molecule has 0 aliphatic rings. The zero-order valence-electron chi connectivity index (χ0n) is 9.08. The summed E-state index contributed by atoms with van der Waals surface area (Å²) in [4.78, 5) is -0.204. The number of nitrogens with two attached hydrogens (primary N) is 1. The summed E-state index contributed by atoms with van der Waals surface area (Å²) >= 11 is 0. The van der Waals surface area contributed by atoms with E-state index < -0.39 is 10.1 Å². The number of fused-ring (bicyclic) bond motifs is 1. The molecule has 0 atom stereocenters. The molecular weight excluding hydrogens is 253 g/mol. The zero-order valence-corrected chi connectivity index (χ0v) is 11.9. The standard InChI is InChI=1S/C10H9NO4S.Na/c11-10-8-3-2-7(16(13,14)15)5-6(8)1-4-9(10)12;/h1-5,12H,11H2,(H,13,14,15);/q;+1. The first-order valence-electron chi connectivity index (χ1n) is 4.38. The van der Waals surface area contributed by atoms with E-state index in [9.17, 15) is 13.5 Å². The molecule has 0 amide bonds. The third kappa shape index (κ3) is 2.72. The van der Waals surface area contributed by atoms with Crippen LogP contribution in [0.2, 0.25) is 0 Å². The molecule has 2 aromatic carbocycles. The Labute approximate surface area is 120 Å². The van der Waals surface area contributed by atoms with Crippen molar-refractivity contribution < 1.29 is 47.6 Å². The normalized spacial score (nSPS) is 11.1. The average molecular weight is 262 g/mol. The van der Waals surface area contributed by atoms with E-state index in [0.717, 1.165) is 0 Å². The Morgan fingerprint density at radius 2 is 1.76 bits per heavy atom. The molecule has 7 heteroatoms. The van der Waals surface area contributed by atoms with Gasteiger partial charge in [0.1, 0.15) is 5.75 Å². The van der Waals surface area contributed by atoms with Gasteiger partial charge in [-0.25, -0.2) is 0 Å². The molecule has 0 aliphatic carbocycles. The fourth-order valence-corrected chi connectivity index (χ4v) is 2.00. The summed E-state index contributed by atoms with van der Waals surface area (Å²) in [6.45, 7) is 0. The van der Waals surface area contributed by atoms with Crippen LogP contribution in [0.4, 0.5) is 5.69 Å². The van der Waals surface area contributed by atoms with Crippen LogP contribution in [-0.2, 0) is 10.1 Å². The second-order valence-corrected chi connectivity index (χ2v) is 4.78. The number of rotatable bonds is 1. The van der Waals surface area contributed by atoms with Crippen LogP contribution in [0.25, 0.3) is 10.8 Å². The van der Waals surface area contributed by atoms with Crippen molar-refractivity contribution in [2.75, 3.05) is 5.73 Å². The van der Waals surface area contributed by atoms with E-state index in [0.29, 0.717) is 10.8 Å². The van der Waals surface area contributed by atoms with Crippen molar-refractivity contribution in [2.24, 2.45) is 0 Å². The van der Waals surface area contributed by atoms with Gasteiger partial charge in [-0.15, -0.1) is 0 Å². The van der Waals surface area contributed by atoms with Gasteiger partial charge in [0.15, 0.2) is 0 Å². The first-order valence-corrected chi connectivity index (χ1v) is 5.82. The summed E-state index contributed by atoms with van der Waals surface area (Å²) in [6, 6.07) is 6.85. The summed E-state index contributed by atoms with van der Waals surface area (Å²) in [7, 11) is -4.22. The van der Waals surface area contributed by atoms with Gasteiger partial charge in [0.05, 0.1) is 10.6 Å². The van der Waals surface area contributed by atoms with Crippen molar-refractivity contribution in [3.8, 4) is 5.75 Å². The molecule has 0 unspecified atom stereocenters. The third-order valence-corrected chi connectivity index (χ3v) is 3.16. The van der Waals surface area contributed by atoms with Crippen molar-refractivity contribution in [1.82, 2.24) is 0 Å². The minimum absolute atomic E-state index is 0. The maximum absolute atomic E-state index is 10.9. The smallest absolute Gasteiger partial charge is 0.506 e. The van der Waals surface area contributed by atoms with E-state index in [1.54, 1.807) is 0 Å². The summed E-state index contributed by atoms with van der Waals surface area (Å²) in [6.07, 6.45) is 0. The Hall–Kier alpha value is -0.790. The molecule has 2 rings (SSSR count). The molecule has 0 spiro atoms. The Kier molecular flexibility index (Phi) is 4.06. The Balaban J connectivity index is 0.00000144. The molecule has 84 valence electrons. The summed E-state index contributed by atoms with van der Waals surface area (Å²) in [5, 5.41) is 10.4. The Bertz CT molecular complexity index is 669. The Morgan fingerprint density at radius 1 is 1.12 bits per heavy atom. The quantitative estimate of drug-likeness (QED) is 0.248. The van der Waals surface area contributed by atoms with Crippen molar-refractivity contribution in [1.29, 1.82) is 0 Å². The molecule has 4 N–H and O–H groups in total. The number of anilines is 1.